The molecular weight excluding hydrogens is 376 g/mol. The molecule has 140 valence electrons. The second-order valence-electron chi connectivity index (χ2n) is 6.73. The molecule has 26 heavy (non-hydrogen) atoms. The first kappa shape index (κ1) is 19.0. The van der Waals surface area contributed by atoms with E-state index < -0.39 is 21.2 Å². The van der Waals surface area contributed by atoms with Crippen LogP contribution in [0.4, 0.5) is 0 Å². The number of rotatable bonds is 4. The summed E-state index contributed by atoms with van der Waals surface area (Å²) in [5.41, 5.74) is 0.310. The van der Waals surface area contributed by atoms with Crippen LogP contribution in [0.15, 0.2) is 44.9 Å². The van der Waals surface area contributed by atoms with Crippen molar-refractivity contribution in [3.63, 3.8) is 0 Å². The molecule has 0 unspecified atom stereocenters. The molecule has 1 fully saturated rings. The lowest BCUT2D eigenvalue weighted by atomic mass is 10.1. The standard InChI is InChI=1S/C17H20N2O5S2/c1-11(19-20)12-5-7-13(8-6-12)26(21,22)15-18-9-14(25-15)17(4)10-23-16(2,3)24-17/h5-9,20H,10H2,1-4H3/b19-11+/t17-/m1/s1. The average molecular weight is 396 g/mol. The SMILES string of the molecule is C/C(=N\O)c1ccc(S(=O)(=O)c2ncc([C@@]3(C)COC(C)(C)O3)s2)cc1. The quantitative estimate of drug-likeness (QED) is 0.484. The Bertz CT molecular complexity index is 948. The summed E-state index contributed by atoms with van der Waals surface area (Å²) in [5, 5.41) is 11.9. The van der Waals surface area contributed by atoms with Gasteiger partial charge in [-0.1, -0.05) is 17.3 Å². The highest BCUT2D eigenvalue weighted by atomic mass is 32.2. The monoisotopic (exact) mass is 396 g/mol. The summed E-state index contributed by atoms with van der Waals surface area (Å²) >= 11 is 1.08. The van der Waals surface area contributed by atoms with Gasteiger partial charge in [-0.2, -0.15) is 0 Å². The Morgan fingerprint density at radius 3 is 2.46 bits per heavy atom. The van der Waals surface area contributed by atoms with Gasteiger partial charge in [0.15, 0.2) is 5.79 Å². The normalized spacial score (nSPS) is 23.3. The topological polar surface area (TPSA) is 98.1 Å². The number of aromatic nitrogens is 1. The van der Waals surface area contributed by atoms with Gasteiger partial charge in [-0.3, -0.25) is 0 Å². The molecule has 0 saturated carbocycles. The summed E-state index contributed by atoms with van der Waals surface area (Å²) in [6, 6.07) is 6.13. The fourth-order valence-electron chi connectivity index (χ4n) is 2.70. The first-order valence-corrected chi connectivity index (χ1v) is 10.2. The zero-order valence-corrected chi connectivity index (χ0v) is 16.5. The van der Waals surface area contributed by atoms with Gasteiger partial charge in [0.05, 0.1) is 22.1 Å². The van der Waals surface area contributed by atoms with Crippen LogP contribution in [0.25, 0.3) is 0 Å². The maximum Gasteiger partial charge on any atom is 0.233 e. The predicted octanol–water partition coefficient (Wildman–Crippen LogP) is 3.17. The van der Waals surface area contributed by atoms with Crippen LogP contribution >= 0.6 is 11.3 Å². The van der Waals surface area contributed by atoms with Gasteiger partial charge in [-0.05, 0) is 45.4 Å². The molecule has 9 heteroatoms. The third-order valence-corrected chi connectivity index (χ3v) is 7.54. The third-order valence-electron chi connectivity index (χ3n) is 4.13. The summed E-state index contributed by atoms with van der Waals surface area (Å²) in [6.45, 7) is 7.45. The van der Waals surface area contributed by atoms with Crippen LogP contribution in [0.3, 0.4) is 0 Å². The Kier molecular flexibility index (Phi) is 4.68. The molecule has 1 aliphatic rings. The second kappa shape index (κ2) is 6.41. The number of sulfone groups is 1. The van der Waals surface area contributed by atoms with E-state index in [9.17, 15) is 8.42 Å². The zero-order chi connectivity index (χ0) is 19.2. The van der Waals surface area contributed by atoms with E-state index in [1.165, 1.54) is 18.3 Å². The Morgan fingerprint density at radius 2 is 1.92 bits per heavy atom. The lowest BCUT2D eigenvalue weighted by Crippen LogP contribution is -2.27. The molecule has 1 aliphatic heterocycles. The van der Waals surface area contributed by atoms with Crippen molar-refractivity contribution in [1.82, 2.24) is 4.98 Å². The largest absolute Gasteiger partial charge is 0.411 e. The third kappa shape index (κ3) is 3.39. The number of benzene rings is 1. The highest BCUT2D eigenvalue weighted by Gasteiger charge is 2.45. The van der Waals surface area contributed by atoms with E-state index in [-0.39, 0.29) is 9.24 Å². The molecule has 7 nitrogen and oxygen atoms in total. The molecule has 0 spiro atoms. The Hall–Kier alpha value is -1.81. The highest BCUT2D eigenvalue weighted by Crippen LogP contribution is 2.41. The predicted molar refractivity (Wildman–Crippen MR) is 96.5 cm³/mol. The molecule has 1 aromatic heterocycles. The van der Waals surface area contributed by atoms with Gasteiger partial charge >= 0.3 is 0 Å². The molecule has 1 aromatic carbocycles. The van der Waals surface area contributed by atoms with E-state index in [1.54, 1.807) is 19.1 Å². The molecule has 1 N–H and O–H groups in total. The average Bonchev–Trinajstić information content (AvgIpc) is 3.20. The van der Waals surface area contributed by atoms with Crippen LogP contribution in [-0.2, 0) is 24.9 Å². The first-order valence-electron chi connectivity index (χ1n) is 7.92. The van der Waals surface area contributed by atoms with Crippen LogP contribution in [0.1, 0.15) is 38.1 Å². The number of oxime groups is 1. The van der Waals surface area contributed by atoms with Gasteiger partial charge in [-0.15, -0.1) is 11.3 Å². The fourth-order valence-corrected chi connectivity index (χ4v) is 5.29. The molecule has 2 aromatic rings. The number of hydrogen-bond donors (Lipinski definition) is 1. The molecule has 1 atom stereocenters. The van der Waals surface area contributed by atoms with Gasteiger partial charge in [0.1, 0.15) is 5.60 Å². The van der Waals surface area contributed by atoms with Gasteiger partial charge in [0.2, 0.25) is 14.2 Å². The van der Waals surface area contributed by atoms with Crippen LogP contribution in [-0.4, -0.2) is 36.7 Å². The van der Waals surface area contributed by atoms with Crippen molar-refractivity contribution in [2.75, 3.05) is 6.61 Å². The van der Waals surface area contributed by atoms with E-state index in [0.717, 1.165) is 11.3 Å². The first-order chi connectivity index (χ1) is 12.1. The van der Waals surface area contributed by atoms with Crippen LogP contribution in [0.2, 0.25) is 0 Å². The summed E-state index contributed by atoms with van der Waals surface area (Å²) in [5.74, 6) is -0.722. The van der Waals surface area contributed by atoms with Gasteiger partial charge in [0, 0.05) is 6.20 Å². The molecule has 0 radical (unpaired) electrons. The smallest absolute Gasteiger partial charge is 0.233 e. The fraction of sp³-hybridized carbons (Fsp3) is 0.412. The van der Waals surface area contributed by atoms with Crippen molar-refractivity contribution in [2.24, 2.45) is 5.16 Å². The number of hydrogen-bond acceptors (Lipinski definition) is 8. The molecule has 0 bridgehead atoms. The van der Waals surface area contributed by atoms with E-state index in [2.05, 4.69) is 10.1 Å². The number of nitrogens with zero attached hydrogens (tertiary/aromatic N) is 2. The van der Waals surface area contributed by atoms with E-state index in [0.29, 0.717) is 22.8 Å². The Balaban J connectivity index is 1.91. The molecule has 0 amide bonds. The summed E-state index contributed by atoms with van der Waals surface area (Å²) in [7, 11) is -3.74. The van der Waals surface area contributed by atoms with Crippen LogP contribution in [0, 0.1) is 0 Å². The van der Waals surface area contributed by atoms with Crippen molar-refractivity contribution in [1.29, 1.82) is 0 Å². The summed E-state index contributed by atoms with van der Waals surface area (Å²) in [4.78, 5) is 4.93. The second-order valence-corrected chi connectivity index (χ2v) is 9.88. The number of thiazole rings is 1. The minimum absolute atomic E-state index is 0.00216. The zero-order valence-electron chi connectivity index (χ0n) is 14.9. The number of ether oxygens (including phenoxy) is 2. The summed E-state index contributed by atoms with van der Waals surface area (Å²) in [6.07, 6.45) is 1.53. The van der Waals surface area contributed by atoms with E-state index in [1.807, 2.05) is 20.8 Å². The van der Waals surface area contributed by atoms with Crippen LogP contribution < -0.4 is 0 Å². The molecule has 1 saturated heterocycles. The van der Waals surface area contributed by atoms with Crippen molar-refractivity contribution < 1.29 is 23.1 Å². The van der Waals surface area contributed by atoms with Gasteiger partial charge < -0.3 is 14.7 Å². The minimum atomic E-state index is -3.74. The maximum atomic E-state index is 12.8. The lowest BCUT2D eigenvalue weighted by molar-refractivity contribution is -0.158. The summed E-state index contributed by atoms with van der Waals surface area (Å²) < 4.78 is 37.2. The van der Waals surface area contributed by atoms with Gasteiger partial charge in [-0.25, -0.2) is 13.4 Å². The van der Waals surface area contributed by atoms with Crippen molar-refractivity contribution in [3.05, 3.63) is 40.9 Å². The minimum Gasteiger partial charge on any atom is -0.411 e. The maximum absolute atomic E-state index is 12.8. The Morgan fingerprint density at radius 1 is 1.27 bits per heavy atom. The Labute approximate surface area is 156 Å². The van der Waals surface area contributed by atoms with E-state index in [4.69, 9.17) is 14.7 Å². The van der Waals surface area contributed by atoms with Crippen molar-refractivity contribution in [2.45, 2.75) is 48.3 Å². The lowest BCUT2D eigenvalue weighted by Gasteiger charge is -2.23. The molecule has 0 aliphatic carbocycles. The van der Waals surface area contributed by atoms with E-state index >= 15 is 0 Å². The van der Waals surface area contributed by atoms with Crippen molar-refractivity contribution in [3.8, 4) is 0 Å². The molecule has 3 rings (SSSR count). The van der Waals surface area contributed by atoms with Crippen LogP contribution in [0.5, 0.6) is 0 Å². The molecular formula is C17H20N2O5S2. The van der Waals surface area contributed by atoms with Crippen molar-refractivity contribution >= 4 is 26.9 Å². The van der Waals surface area contributed by atoms with Gasteiger partial charge in [0.25, 0.3) is 0 Å². The highest BCUT2D eigenvalue weighted by molar-refractivity contribution is 7.93. The molecule has 2 heterocycles.